The van der Waals surface area contributed by atoms with Crippen LogP contribution in [0.25, 0.3) is 0 Å². The Morgan fingerprint density at radius 2 is 2.39 bits per heavy atom. The maximum absolute atomic E-state index is 13.2. The highest BCUT2D eigenvalue weighted by atomic mass is 19.1. The molecule has 2 N–H and O–H groups in total. The summed E-state index contributed by atoms with van der Waals surface area (Å²) in [7, 11) is 0. The molecule has 0 saturated carbocycles. The summed E-state index contributed by atoms with van der Waals surface area (Å²) in [5.41, 5.74) is 6.36. The number of rotatable bonds is 2. The zero-order chi connectivity index (χ0) is 13.3. The lowest BCUT2D eigenvalue weighted by molar-refractivity contribution is -0.120. The van der Waals surface area contributed by atoms with Gasteiger partial charge in [-0.3, -0.25) is 4.79 Å². The van der Waals surface area contributed by atoms with Gasteiger partial charge < -0.3 is 15.4 Å². The van der Waals surface area contributed by atoms with Crippen molar-refractivity contribution >= 4 is 11.6 Å². The maximum Gasteiger partial charge on any atom is 0.244 e. The Balaban J connectivity index is 2.36. The number of anilines is 1. The molecule has 5 heteroatoms. The van der Waals surface area contributed by atoms with E-state index in [2.05, 4.69) is 0 Å². The Morgan fingerprint density at radius 3 is 3.06 bits per heavy atom. The van der Waals surface area contributed by atoms with Crippen molar-refractivity contribution in [1.29, 1.82) is 0 Å². The van der Waals surface area contributed by atoms with Gasteiger partial charge in [-0.2, -0.15) is 0 Å². The monoisotopic (exact) mass is 252 g/mol. The fraction of sp³-hybridized carbons (Fsp3) is 0.462. The van der Waals surface area contributed by atoms with Gasteiger partial charge in [0.2, 0.25) is 5.91 Å². The van der Waals surface area contributed by atoms with Crippen molar-refractivity contribution in [2.75, 3.05) is 11.4 Å². The summed E-state index contributed by atoms with van der Waals surface area (Å²) in [6.45, 7) is 4.13. The van der Waals surface area contributed by atoms with E-state index in [1.807, 2.05) is 13.8 Å². The number of nitrogens with zero attached hydrogens (tertiary/aromatic N) is 1. The molecule has 1 heterocycles. The van der Waals surface area contributed by atoms with E-state index in [1.54, 1.807) is 11.0 Å². The van der Waals surface area contributed by atoms with Crippen LogP contribution < -0.4 is 15.4 Å². The largest absolute Gasteiger partial charge is 0.487 e. The topological polar surface area (TPSA) is 55.6 Å². The third kappa shape index (κ3) is 2.31. The lowest BCUT2D eigenvalue weighted by Crippen LogP contribution is -2.49. The number of amides is 1. The summed E-state index contributed by atoms with van der Waals surface area (Å²) in [5.74, 6) is -0.138. The number of carbonyl (C=O) groups excluding carboxylic acids is 1. The molecule has 0 bridgehead atoms. The van der Waals surface area contributed by atoms with E-state index in [9.17, 15) is 9.18 Å². The van der Waals surface area contributed by atoms with Gasteiger partial charge in [0.1, 0.15) is 17.7 Å². The summed E-state index contributed by atoms with van der Waals surface area (Å²) in [4.78, 5) is 13.8. The van der Waals surface area contributed by atoms with E-state index in [0.29, 0.717) is 24.4 Å². The highest BCUT2D eigenvalue weighted by Gasteiger charge is 2.30. The van der Waals surface area contributed by atoms with Gasteiger partial charge in [-0.1, -0.05) is 6.92 Å². The van der Waals surface area contributed by atoms with Crippen molar-refractivity contribution in [3.8, 4) is 5.75 Å². The van der Waals surface area contributed by atoms with Crippen LogP contribution in [0.3, 0.4) is 0 Å². The minimum Gasteiger partial charge on any atom is -0.487 e. The van der Waals surface area contributed by atoms with Crippen molar-refractivity contribution in [2.45, 2.75) is 32.4 Å². The molecule has 1 amide bonds. The number of ether oxygens (including phenoxy) is 1. The molecule has 18 heavy (non-hydrogen) atoms. The van der Waals surface area contributed by atoms with E-state index in [4.69, 9.17) is 10.5 Å². The van der Waals surface area contributed by atoms with Gasteiger partial charge in [0.05, 0.1) is 18.3 Å². The molecule has 4 nitrogen and oxygen atoms in total. The first-order chi connectivity index (χ1) is 8.52. The van der Waals surface area contributed by atoms with Crippen molar-refractivity contribution in [3.05, 3.63) is 24.0 Å². The lowest BCUT2D eigenvalue weighted by Gasteiger charge is -2.34. The summed E-state index contributed by atoms with van der Waals surface area (Å²) < 4.78 is 18.7. The Labute approximate surface area is 106 Å². The van der Waals surface area contributed by atoms with Gasteiger partial charge in [-0.15, -0.1) is 0 Å². The van der Waals surface area contributed by atoms with Crippen molar-refractivity contribution < 1.29 is 13.9 Å². The van der Waals surface area contributed by atoms with Crippen LogP contribution in [-0.4, -0.2) is 24.6 Å². The molecule has 0 spiro atoms. The molecule has 1 unspecified atom stereocenters. The average molecular weight is 252 g/mol. The van der Waals surface area contributed by atoms with E-state index in [0.717, 1.165) is 0 Å². The molecule has 2 rings (SSSR count). The molecule has 2 atom stereocenters. The van der Waals surface area contributed by atoms with Gasteiger partial charge in [-0.05, 0) is 25.5 Å². The maximum atomic E-state index is 13.2. The second-order valence-electron chi connectivity index (χ2n) is 4.50. The summed E-state index contributed by atoms with van der Waals surface area (Å²) in [6, 6.07) is 3.63. The first-order valence-electron chi connectivity index (χ1n) is 6.06. The van der Waals surface area contributed by atoms with E-state index < -0.39 is 6.04 Å². The highest BCUT2D eigenvalue weighted by molar-refractivity contribution is 5.98. The number of carbonyl (C=O) groups is 1. The van der Waals surface area contributed by atoms with Crippen LogP contribution in [0, 0.1) is 5.82 Å². The van der Waals surface area contributed by atoms with Crippen LogP contribution in [0.5, 0.6) is 5.75 Å². The van der Waals surface area contributed by atoms with Crippen molar-refractivity contribution in [1.82, 2.24) is 0 Å². The zero-order valence-electron chi connectivity index (χ0n) is 10.5. The Kier molecular flexibility index (Phi) is 3.52. The number of halogens is 1. The van der Waals surface area contributed by atoms with Crippen LogP contribution in [0.15, 0.2) is 18.2 Å². The second-order valence-corrected chi connectivity index (χ2v) is 4.50. The molecule has 0 aliphatic carbocycles. The zero-order valence-corrected chi connectivity index (χ0v) is 10.5. The molecule has 1 aromatic rings. The molecule has 0 fully saturated rings. The molecule has 1 aliphatic heterocycles. The quantitative estimate of drug-likeness (QED) is 0.871. The minimum atomic E-state index is -0.534. The van der Waals surface area contributed by atoms with Crippen molar-refractivity contribution in [2.24, 2.45) is 5.73 Å². The molecular weight excluding hydrogens is 235 g/mol. The average Bonchev–Trinajstić information content (AvgIpc) is 2.35. The van der Waals surface area contributed by atoms with Crippen molar-refractivity contribution in [3.63, 3.8) is 0 Å². The fourth-order valence-corrected chi connectivity index (χ4v) is 2.00. The van der Waals surface area contributed by atoms with Crippen LogP contribution in [-0.2, 0) is 4.79 Å². The molecule has 0 aromatic heterocycles. The predicted molar refractivity (Wildman–Crippen MR) is 67.1 cm³/mol. The molecule has 0 radical (unpaired) electrons. The standard InChI is InChI=1S/C13H17FN2O2/c1-3-10(15)13(17)16-7-8(2)18-12-6-9(14)4-5-11(12)16/h4-6,8,10H,3,7,15H2,1-2H3/t8?,10-/m0/s1. The molecular formula is C13H17FN2O2. The van der Waals surface area contributed by atoms with Crippen LogP contribution in [0.4, 0.5) is 10.1 Å². The van der Waals surface area contributed by atoms with Crippen LogP contribution >= 0.6 is 0 Å². The lowest BCUT2D eigenvalue weighted by atomic mass is 10.1. The van der Waals surface area contributed by atoms with Crippen LogP contribution in [0.2, 0.25) is 0 Å². The number of hydrogen-bond donors (Lipinski definition) is 1. The number of benzene rings is 1. The minimum absolute atomic E-state index is 0.152. The Bertz CT molecular complexity index is 464. The third-order valence-electron chi connectivity index (χ3n) is 3.00. The smallest absolute Gasteiger partial charge is 0.244 e. The Morgan fingerprint density at radius 1 is 1.67 bits per heavy atom. The number of fused-ring (bicyclic) bond motifs is 1. The van der Waals surface area contributed by atoms with E-state index in [1.165, 1.54) is 12.1 Å². The molecule has 1 aromatic carbocycles. The first-order valence-corrected chi connectivity index (χ1v) is 6.06. The Hall–Kier alpha value is -1.62. The summed E-state index contributed by atoms with van der Waals surface area (Å²) in [6.07, 6.45) is 0.397. The molecule has 1 aliphatic rings. The van der Waals surface area contributed by atoms with Crippen LogP contribution in [0.1, 0.15) is 20.3 Å². The predicted octanol–water partition coefficient (Wildman–Crippen LogP) is 1.68. The van der Waals surface area contributed by atoms with E-state index in [-0.39, 0.29) is 17.8 Å². The van der Waals surface area contributed by atoms with Gasteiger partial charge >= 0.3 is 0 Å². The van der Waals surface area contributed by atoms with Gasteiger partial charge in [0.15, 0.2) is 0 Å². The van der Waals surface area contributed by atoms with Gasteiger partial charge in [0, 0.05) is 6.07 Å². The fourth-order valence-electron chi connectivity index (χ4n) is 2.00. The SMILES string of the molecule is CC[C@H](N)C(=O)N1CC(C)Oc2cc(F)ccc21. The highest BCUT2D eigenvalue weighted by Crippen LogP contribution is 2.34. The van der Waals surface area contributed by atoms with E-state index >= 15 is 0 Å². The molecule has 98 valence electrons. The second kappa shape index (κ2) is 4.94. The van der Waals surface area contributed by atoms with Gasteiger partial charge in [-0.25, -0.2) is 4.39 Å². The third-order valence-corrected chi connectivity index (χ3v) is 3.00. The summed E-state index contributed by atoms with van der Waals surface area (Å²) >= 11 is 0. The number of nitrogens with two attached hydrogens (primary N) is 1. The molecule has 0 saturated heterocycles. The summed E-state index contributed by atoms with van der Waals surface area (Å²) in [5, 5.41) is 0. The first kappa shape index (κ1) is 12.8. The normalized spacial score (nSPS) is 20.0. The van der Waals surface area contributed by atoms with Gasteiger partial charge in [0.25, 0.3) is 0 Å². The number of hydrogen-bond acceptors (Lipinski definition) is 3.